The molecule has 0 atom stereocenters. The van der Waals surface area contributed by atoms with Gasteiger partial charge in [-0.2, -0.15) is 0 Å². The summed E-state index contributed by atoms with van der Waals surface area (Å²) in [5, 5.41) is 5.03. The lowest BCUT2D eigenvalue weighted by Crippen LogP contribution is -1.94. The van der Waals surface area contributed by atoms with E-state index in [0.29, 0.717) is 0 Å². The Labute approximate surface area is 209 Å². The summed E-state index contributed by atoms with van der Waals surface area (Å²) in [7, 11) is 0. The van der Waals surface area contributed by atoms with Gasteiger partial charge < -0.3 is 9.13 Å². The predicted molar refractivity (Wildman–Crippen MR) is 150 cm³/mol. The SMILES string of the molecule is CCn1c2ccccc2c2c(-c3cc(-c4cccc5c4c4ccccc4n5CC)ncn3)cccc21. The molecule has 4 heteroatoms. The van der Waals surface area contributed by atoms with Crippen molar-refractivity contribution in [2.45, 2.75) is 26.9 Å². The Kier molecular flexibility index (Phi) is 4.68. The molecule has 7 aromatic rings. The van der Waals surface area contributed by atoms with Gasteiger partial charge in [-0.3, -0.25) is 0 Å². The maximum absolute atomic E-state index is 4.77. The molecule has 0 saturated heterocycles. The normalized spacial score (nSPS) is 11.8. The summed E-state index contributed by atoms with van der Waals surface area (Å²) in [5.74, 6) is 0. The zero-order valence-corrected chi connectivity index (χ0v) is 20.4. The van der Waals surface area contributed by atoms with E-state index >= 15 is 0 Å². The molecule has 0 aliphatic carbocycles. The molecule has 4 aromatic carbocycles. The lowest BCUT2D eigenvalue weighted by molar-refractivity contribution is 0.827. The molecule has 0 spiro atoms. The third kappa shape index (κ3) is 2.88. The smallest absolute Gasteiger partial charge is 0.116 e. The van der Waals surface area contributed by atoms with Gasteiger partial charge in [0.05, 0.1) is 11.4 Å². The van der Waals surface area contributed by atoms with Crippen molar-refractivity contribution < 1.29 is 0 Å². The van der Waals surface area contributed by atoms with Crippen molar-refractivity contribution >= 4 is 43.6 Å². The van der Waals surface area contributed by atoms with Crippen LogP contribution in [0.2, 0.25) is 0 Å². The molecule has 0 radical (unpaired) electrons. The van der Waals surface area contributed by atoms with Gasteiger partial charge in [0.15, 0.2) is 0 Å². The van der Waals surface area contributed by atoms with Crippen LogP contribution < -0.4 is 0 Å². The molecule has 0 unspecified atom stereocenters. The van der Waals surface area contributed by atoms with Crippen molar-refractivity contribution in [2.24, 2.45) is 0 Å². The molecule has 0 aliphatic heterocycles. The van der Waals surface area contributed by atoms with E-state index in [1.807, 2.05) is 0 Å². The van der Waals surface area contributed by atoms with Crippen molar-refractivity contribution in [3.63, 3.8) is 0 Å². The largest absolute Gasteiger partial charge is 0.341 e. The highest BCUT2D eigenvalue weighted by atomic mass is 15.0. The maximum atomic E-state index is 4.77. The number of hydrogen-bond acceptors (Lipinski definition) is 2. The highest BCUT2D eigenvalue weighted by Crippen LogP contribution is 2.39. The molecule has 0 fully saturated rings. The number of rotatable bonds is 4. The lowest BCUT2D eigenvalue weighted by atomic mass is 10.00. The molecule has 3 aromatic heterocycles. The van der Waals surface area contributed by atoms with E-state index in [4.69, 9.17) is 9.97 Å². The van der Waals surface area contributed by atoms with E-state index in [9.17, 15) is 0 Å². The summed E-state index contributed by atoms with van der Waals surface area (Å²) in [6.07, 6.45) is 1.71. The van der Waals surface area contributed by atoms with E-state index in [0.717, 1.165) is 35.6 Å². The van der Waals surface area contributed by atoms with Crippen molar-refractivity contribution in [2.75, 3.05) is 0 Å². The van der Waals surface area contributed by atoms with E-state index in [1.165, 1.54) is 43.6 Å². The van der Waals surface area contributed by atoms with E-state index < -0.39 is 0 Å². The monoisotopic (exact) mass is 466 g/mol. The zero-order chi connectivity index (χ0) is 24.2. The number of fused-ring (bicyclic) bond motifs is 6. The Bertz CT molecular complexity index is 1790. The summed E-state index contributed by atoms with van der Waals surface area (Å²) in [6.45, 7) is 6.25. The second-order valence-electron chi connectivity index (χ2n) is 9.21. The Morgan fingerprint density at radius 3 is 1.44 bits per heavy atom. The molecule has 0 aliphatic rings. The first-order valence-electron chi connectivity index (χ1n) is 12.6. The second-order valence-corrected chi connectivity index (χ2v) is 9.21. The average Bonchev–Trinajstić information content (AvgIpc) is 3.45. The van der Waals surface area contributed by atoms with Crippen LogP contribution >= 0.6 is 0 Å². The van der Waals surface area contributed by atoms with Crippen molar-refractivity contribution in [1.29, 1.82) is 0 Å². The van der Waals surface area contributed by atoms with E-state index in [1.54, 1.807) is 6.33 Å². The minimum absolute atomic E-state index is 0.923. The first-order chi connectivity index (χ1) is 17.8. The predicted octanol–water partition coefficient (Wildman–Crippen LogP) is 8.07. The fraction of sp³-hybridized carbons (Fsp3) is 0.125. The standard InChI is InChI=1S/C32H26N4/c1-3-35-27-15-7-5-11-23(27)31-21(13-9-17-29(31)35)25-19-26(34-20-33-25)22-14-10-18-30-32(22)24-12-6-8-16-28(24)36(30)4-2/h5-20H,3-4H2,1-2H3. The van der Waals surface area contributed by atoms with Gasteiger partial charge in [0.25, 0.3) is 0 Å². The van der Waals surface area contributed by atoms with Crippen LogP contribution in [0.4, 0.5) is 0 Å². The third-order valence-electron chi connectivity index (χ3n) is 7.45. The lowest BCUT2D eigenvalue weighted by Gasteiger charge is -2.09. The highest BCUT2D eigenvalue weighted by molar-refractivity contribution is 6.16. The third-order valence-corrected chi connectivity index (χ3v) is 7.45. The van der Waals surface area contributed by atoms with Gasteiger partial charge in [-0.15, -0.1) is 0 Å². The van der Waals surface area contributed by atoms with Crippen molar-refractivity contribution in [3.05, 3.63) is 97.3 Å². The Hall–Kier alpha value is -4.44. The van der Waals surface area contributed by atoms with Crippen molar-refractivity contribution in [3.8, 4) is 22.5 Å². The van der Waals surface area contributed by atoms with Gasteiger partial charge >= 0.3 is 0 Å². The van der Waals surface area contributed by atoms with Gasteiger partial charge in [-0.1, -0.05) is 60.7 Å². The number of para-hydroxylation sites is 2. The average molecular weight is 467 g/mol. The quantitative estimate of drug-likeness (QED) is 0.263. The fourth-order valence-corrected chi connectivity index (χ4v) is 5.96. The first-order valence-corrected chi connectivity index (χ1v) is 12.6. The molecule has 174 valence electrons. The zero-order valence-electron chi connectivity index (χ0n) is 20.4. The summed E-state index contributed by atoms with van der Waals surface area (Å²) >= 11 is 0. The fourth-order valence-electron chi connectivity index (χ4n) is 5.96. The van der Waals surface area contributed by atoms with Gasteiger partial charge in [0, 0.05) is 67.8 Å². The van der Waals surface area contributed by atoms with Crippen molar-refractivity contribution in [1.82, 2.24) is 19.1 Å². The van der Waals surface area contributed by atoms with E-state index in [-0.39, 0.29) is 0 Å². The maximum Gasteiger partial charge on any atom is 0.116 e. The second kappa shape index (κ2) is 8.06. The van der Waals surface area contributed by atoms with Crippen LogP contribution in [0.25, 0.3) is 66.1 Å². The molecule has 0 bridgehead atoms. The van der Waals surface area contributed by atoms with Gasteiger partial charge in [-0.25, -0.2) is 9.97 Å². The van der Waals surface area contributed by atoms with Crippen LogP contribution in [0.3, 0.4) is 0 Å². The molecule has 7 rings (SSSR count). The molecular weight excluding hydrogens is 440 g/mol. The summed E-state index contributed by atoms with van der Waals surface area (Å²) in [4.78, 5) is 9.53. The van der Waals surface area contributed by atoms with Gasteiger partial charge in [0.1, 0.15) is 6.33 Å². The number of aromatic nitrogens is 4. The Balaban J connectivity index is 1.50. The molecule has 0 N–H and O–H groups in total. The van der Waals surface area contributed by atoms with Crippen LogP contribution in [0, 0.1) is 0 Å². The van der Waals surface area contributed by atoms with Gasteiger partial charge in [-0.05, 0) is 44.2 Å². The number of nitrogens with zero attached hydrogens (tertiary/aromatic N) is 4. The molecule has 3 heterocycles. The summed E-state index contributed by atoms with van der Waals surface area (Å²) in [6, 6.07) is 32.5. The van der Waals surface area contributed by atoms with Crippen LogP contribution in [-0.4, -0.2) is 19.1 Å². The van der Waals surface area contributed by atoms with Crippen LogP contribution in [0.1, 0.15) is 13.8 Å². The first kappa shape index (κ1) is 20.9. The van der Waals surface area contributed by atoms with Gasteiger partial charge in [0.2, 0.25) is 0 Å². The molecule has 36 heavy (non-hydrogen) atoms. The molecule has 4 nitrogen and oxygen atoms in total. The van der Waals surface area contributed by atoms with E-state index in [2.05, 4.69) is 114 Å². The number of aryl methyl sites for hydroxylation is 2. The number of hydrogen-bond donors (Lipinski definition) is 0. The van der Waals surface area contributed by atoms with Crippen LogP contribution in [0.5, 0.6) is 0 Å². The van der Waals surface area contributed by atoms with Crippen LogP contribution in [0.15, 0.2) is 97.3 Å². The topological polar surface area (TPSA) is 35.6 Å². The minimum Gasteiger partial charge on any atom is -0.341 e. The van der Waals surface area contributed by atoms with Crippen LogP contribution in [-0.2, 0) is 13.1 Å². The number of benzene rings is 4. The highest BCUT2D eigenvalue weighted by Gasteiger charge is 2.17. The molecule has 0 saturated carbocycles. The Morgan fingerprint density at radius 2 is 0.972 bits per heavy atom. The summed E-state index contributed by atoms with van der Waals surface area (Å²) in [5.41, 5.74) is 9.17. The summed E-state index contributed by atoms with van der Waals surface area (Å²) < 4.78 is 4.77. The Morgan fingerprint density at radius 1 is 0.528 bits per heavy atom. The minimum atomic E-state index is 0.923. The molecular formula is C32H26N4. The molecule has 0 amide bonds.